The molecular formula is C19H16N6O4. The average Bonchev–Trinajstić information content (AvgIpc) is 3.17. The summed E-state index contributed by atoms with van der Waals surface area (Å²) >= 11 is 0. The molecule has 0 bridgehead atoms. The lowest BCUT2D eigenvalue weighted by Gasteiger charge is -2.13. The molecule has 10 heteroatoms. The Kier molecular flexibility index (Phi) is 4.65. The van der Waals surface area contributed by atoms with Gasteiger partial charge in [-0.2, -0.15) is 0 Å². The van der Waals surface area contributed by atoms with Crippen molar-refractivity contribution in [2.45, 2.75) is 0 Å². The van der Waals surface area contributed by atoms with Gasteiger partial charge in [-0.1, -0.05) is 12.1 Å². The van der Waals surface area contributed by atoms with Gasteiger partial charge >= 0.3 is 5.69 Å². The maximum absolute atomic E-state index is 11.9. The van der Waals surface area contributed by atoms with Crippen LogP contribution in [0.4, 0.5) is 17.2 Å². The third kappa shape index (κ3) is 3.27. The first-order chi connectivity index (χ1) is 14.1. The van der Waals surface area contributed by atoms with Crippen LogP contribution < -0.4 is 14.8 Å². The van der Waals surface area contributed by atoms with Crippen molar-refractivity contribution in [1.82, 2.24) is 19.5 Å². The Hall–Kier alpha value is -4.21. The molecule has 2 aromatic carbocycles. The van der Waals surface area contributed by atoms with Crippen molar-refractivity contribution in [1.29, 1.82) is 0 Å². The molecule has 0 aliphatic rings. The molecule has 2 heterocycles. The summed E-state index contributed by atoms with van der Waals surface area (Å²) in [4.78, 5) is 23.9. The number of nitrogens with zero attached hydrogens (tertiary/aromatic N) is 5. The van der Waals surface area contributed by atoms with Crippen molar-refractivity contribution in [2.75, 3.05) is 19.5 Å². The number of fused-ring (bicyclic) bond motifs is 1. The zero-order valence-electron chi connectivity index (χ0n) is 15.6. The first-order valence-electron chi connectivity index (χ1n) is 8.53. The molecule has 0 aliphatic heterocycles. The largest absolute Gasteiger partial charge is 0.497 e. The summed E-state index contributed by atoms with van der Waals surface area (Å²) < 4.78 is 12.1. The molecule has 2 aromatic heterocycles. The second-order valence-electron chi connectivity index (χ2n) is 5.95. The summed E-state index contributed by atoms with van der Waals surface area (Å²) in [7, 11) is 3.04. The standard InChI is InChI=1S/C19H16N6O4/c1-28-12-7-8-14(16(9-12)29-2)23-18-17(25(26)27)19(21-10-20-18)24-11-22-13-5-3-4-6-15(13)24/h3-11H,1-2H3,(H,20,21,23). The highest BCUT2D eigenvalue weighted by atomic mass is 16.6. The van der Waals surface area contributed by atoms with E-state index in [2.05, 4.69) is 20.3 Å². The highest BCUT2D eigenvalue weighted by molar-refractivity contribution is 5.80. The maximum atomic E-state index is 11.9. The fourth-order valence-electron chi connectivity index (χ4n) is 2.96. The number of para-hydroxylation sites is 2. The van der Waals surface area contributed by atoms with E-state index in [-0.39, 0.29) is 17.3 Å². The Bertz CT molecular complexity index is 1210. The van der Waals surface area contributed by atoms with Gasteiger partial charge in [-0.15, -0.1) is 0 Å². The molecule has 0 aliphatic carbocycles. The molecule has 1 N–H and O–H groups in total. The normalized spacial score (nSPS) is 10.7. The third-order valence-corrected chi connectivity index (χ3v) is 4.33. The number of nitro groups is 1. The summed E-state index contributed by atoms with van der Waals surface area (Å²) in [6.45, 7) is 0. The molecule has 0 atom stereocenters. The third-order valence-electron chi connectivity index (χ3n) is 4.33. The average molecular weight is 392 g/mol. The van der Waals surface area contributed by atoms with E-state index in [0.717, 1.165) is 0 Å². The molecule has 0 spiro atoms. The Morgan fingerprint density at radius 3 is 2.66 bits per heavy atom. The summed E-state index contributed by atoms with van der Waals surface area (Å²) in [5.74, 6) is 1.18. The second-order valence-corrected chi connectivity index (χ2v) is 5.95. The van der Waals surface area contributed by atoms with E-state index in [9.17, 15) is 10.1 Å². The molecule has 29 heavy (non-hydrogen) atoms. The van der Waals surface area contributed by atoms with Crippen LogP contribution in [-0.2, 0) is 0 Å². The lowest BCUT2D eigenvalue weighted by Crippen LogP contribution is -2.07. The molecule has 0 unspecified atom stereocenters. The number of anilines is 2. The van der Waals surface area contributed by atoms with Crippen molar-refractivity contribution >= 4 is 28.2 Å². The summed E-state index contributed by atoms with van der Waals surface area (Å²) in [5, 5.41) is 14.9. The fraction of sp³-hybridized carbons (Fsp3) is 0.105. The van der Waals surface area contributed by atoms with Crippen molar-refractivity contribution in [3.63, 3.8) is 0 Å². The van der Waals surface area contributed by atoms with Crippen LogP contribution in [0.5, 0.6) is 11.5 Å². The van der Waals surface area contributed by atoms with E-state index in [1.165, 1.54) is 19.8 Å². The van der Waals surface area contributed by atoms with Crippen LogP contribution in [0, 0.1) is 10.1 Å². The van der Waals surface area contributed by atoms with Crippen molar-refractivity contribution < 1.29 is 14.4 Å². The van der Waals surface area contributed by atoms with Crippen LogP contribution in [-0.4, -0.2) is 38.7 Å². The van der Waals surface area contributed by atoms with Crippen molar-refractivity contribution in [3.05, 3.63) is 65.2 Å². The topological polar surface area (TPSA) is 117 Å². The molecule has 0 fully saturated rings. The predicted molar refractivity (Wildman–Crippen MR) is 106 cm³/mol. The van der Waals surface area contributed by atoms with E-state index in [0.29, 0.717) is 28.2 Å². The summed E-state index contributed by atoms with van der Waals surface area (Å²) in [6.07, 6.45) is 2.76. The lowest BCUT2D eigenvalue weighted by molar-refractivity contribution is -0.384. The highest BCUT2D eigenvalue weighted by Gasteiger charge is 2.26. The molecule has 0 saturated carbocycles. The van der Waals surface area contributed by atoms with Crippen LogP contribution in [0.3, 0.4) is 0 Å². The number of nitrogens with one attached hydrogen (secondary N) is 1. The molecule has 146 valence electrons. The molecular weight excluding hydrogens is 376 g/mol. The number of benzene rings is 2. The minimum atomic E-state index is -0.525. The van der Waals surface area contributed by atoms with Gasteiger partial charge in [0.1, 0.15) is 24.2 Å². The van der Waals surface area contributed by atoms with Crippen LogP contribution in [0.25, 0.3) is 16.9 Å². The van der Waals surface area contributed by atoms with E-state index in [1.807, 2.05) is 24.3 Å². The van der Waals surface area contributed by atoms with Crippen molar-refractivity contribution in [2.24, 2.45) is 0 Å². The van der Waals surface area contributed by atoms with Crippen LogP contribution in [0.15, 0.2) is 55.1 Å². The summed E-state index contributed by atoms with van der Waals surface area (Å²) in [5.41, 5.74) is 1.61. The molecule has 0 radical (unpaired) electrons. The Balaban J connectivity index is 1.84. The van der Waals surface area contributed by atoms with Crippen molar-refractivity contribution in [3.8, 4) is 17.3 Å². The SMILES string of the molecule is COc1ccc(Nc2ncnc(-n3cnc4ccccc43)c2[N+](=O)[O-])c(OC)c1. The van der Waals surface area contributed by atoms with Gasteiger partial charge in [0.05, 0.1) is 35.9 Å². The van der Waals surface area contributed by atoms with Crippen LogP contribution in [0.1, 0.15) is 0 Å². The second kappa shape index (κ2) is 7.43. The van der Waals surface area contributed by atoms with Gasteiger partial charge in [0.25, 0.3) is 0 Å². The molecule has 0 amide bonds. The molecule has 4 aromatic rings. The van der Waals surface area contributed by atoms with Gasteiger partial charge in [-0.25, -0.2) is 15.0 Å². The predicted octanol–water partition coefficient (Wildman–Crippen LogP) is 3.48. The molecule has 4 rings (SSSR count). The number of ether oxygens (including phenoxy) is 2. The molecule has 10 nitrogen and oxygen atoms in total. The number of hydrogen-bond acceptors (Lipinski definition) is 8. The van der Waals surface area contributed by atoms with E-state index >= 15 is 0 Å². The minimum Gasteiger partial charge on any atom is -0.497 e. The monoisotopic (exact) mass is 392 g/mol. The maximum Gasteiger partial charge on any atom is 0.354 e. The smallest absolute Gasteiger partial charge is 0.354 e. The highest BCUT2D eigenvalue weighted by Crippen LogP contribution is 2.36. The van der Waals surface area contributed by atoms with Gasteiger partial charge in [0, 0.05) is 6.07 Å². The zero-order chi connectivity index (χ0) is 20.4. The zero-order valence-corrected chi connectivity index (χ0v) is 15.6. The Morgan fingerprint density at radius 2 is 1.90 bits per heavy atom. The Morgan fingerprint density at radius 1 is 1.07 bits per heavy atom. The minimum absolute atomic E-state index is 0.0289. The van der Waals surface area contributed by atoms with Crippen LogP contribution >= 0.6 is 0 Å². The van der Waals surface area contributed by atoms with Crippen LogP contribution in [0.2, 0.25) is 0 Å². The van der Waals surface area contributed by atoms with Gasteiger partial charge < -0.3 is 14.8 Å². The van der Waals surface area contributed by atoms with Gasteiger partial charge in [0.2, 0.25) is 11.6 Å². The summed E-state index contributed by atoms with van der Waals surface area (Å²) in [6, 6.07) is 12.4. The van der Waals surface area contributed by atoms with E-state index < -0.39 is 4.92 Å². The Labute approximate surface area is 164 Å². The van der Waals surface area contributed by atoms with E-state index in [1.54, 1.807) is 29.9 Å². The first-order valence-corrected chi connectivity index (χ1v) is 8.53. The first kappa shape index (κ1) is 18.2. The molecule has 0 saturated heterocycles. The van der Waals surface area contributed by atoms with Gasteiger partial charge in [-0.3, -0.25) is 14.7 Å². The number of imidazole rings is 1. The number of hydrogen-bond donors (Lipinski definition) is 1. The number of methoxy groups -OCH3 is 2. The number of rotatable bonds is 6. The number of aromatic nitrogens is 4. The van der Waals surface area contributed by atoms with Gasteiger partial charge in [0.15, 0.2) is 0 Å². The van der Waals surface area contributed by atoms with E-state index in [4.69, 9.17) is 9.47 Å². The lowest BCUT2D eigenvalue weighted by atomic mass is 10.2. The fourth-order valence-corrected chi connectivity index (χ4v) is 2.96. The quantitative estimate of drug-likeness (QED) is 0.391. The van der Waals surface area contributed by atoms with Gasteiger partial charge in [-0.05, 0) is 24.3 Å².